The van der Waals surface area contributed by atoms with Crippen molar-refractivity contribution in [3.8, 4) is 0 Å². The molecule has 0 saturated heterocycles. The quantitative estimate of drug-likeness (QED) is 0.162. The Bertz CT molecular complexity index is 261. The minimum Gasteiger partial charge on any atom is -0.501 e. The predicted molar refractivity (Wildman–Crippen MR) is 81.8 cm³/mol. The Morgan fingerprint density at radius 1 is 1.10 bits per heavy atom. The number of hydrogen-bond acceptors (Lipinski definition) is 6. The van der Waals surface area contributed by atoms with E-state index in [-0.39, 0.29) is 19.2 Å². The van der Waals surface area contributed by atoms with Crippen molar-refractivity contribution < 1.29 is 29.1 Å². The van der Waals surface area contributed by atoms with Gasteiger partial charge in [-0.3, -0.25) is 4.79 Å². The van der Waals surface area contributed by atoms with Gasteiger partial charge in [0, 0.05) is 0 Å². The molecular weight excluding hydrogens is 276 g/mol. The minimum atomic E-state index is -0.474. The first-order valence-corrected chi connectivity index (χ1v) is 6.34. The van der Waals surface area contributed by atoms with E-state index in [0.717, 1.165) is 6.26 Å². The first-order chi connectivity index (χ1) is 10.0. The van der Waals surface area contributed by atoms with Crippen LogP contribution in [0.25, 0.3) is 0 Å². The zero-order chi connectivity index (χ0) is 17.1. The van der Waals surface area contributed by atoms with E-state index < -0.39 is 5.41 Å². The molecule has 0 aromatic carbocycles. The van der Waals surface area contributed by atoms with Crippen LogP contribution < -0.4 is 0 Å². The third-order valence-electron chi connectivity index (χ3n) is 2.17. The molecule has 0 atom stereocenters. The zero-order valence-electron chi connectivity index (χ0n) is 13.6. The lowest BCUT2D eigenvalue weighted by Crippen LogP contribution is -2.27. The van der Waals surface area contributed by atoms with Crippen LogP contribution in [0.4, 0.5) is 0 Å². The van der Waals surface area contributed by atoms with Crippen LogP contribution in [-0.2, 0) is 29.1 Å². The van der Waals surface area contributed by atoms with Crippen LogP contribution >= 0.6 is 0 Å². The van der Waals surface area contributed by atoms with Crippen molar-refractivity contribution in [3.05, 3.63) is 38.8 Å². The molecule has 0 aliphatic carbocycles. The molecule has 0 saturated carbocycles. The molecule has 0 aliphatic heterocycles. The second-order valence-corrected chi connectivity index (χ2v) is 3.87. The molecule has 0 N–H and O–H groups in total. The SMILES string of the molecule is C=C.C=C.CCC(C)(C)C(=O)OCCOOO/C=C/OC. The standard InChI is InChI=1S/C11H20O6.2C2H4/c1-5-11(2,3)10(12)14-7-9-16-17-15-8-6-13-4;2*1-2/h6,8H,5,7,9H2,1-4H3;2*1-2H2/b8-6+;;. The number of esters is 1. The van der Waals surface area contributed by atoms with Gasteiger partial charge in [-0.25, -0.2) is 0 Å². The molecule has 0 radical (unpaired) electrons. The second-order valence-electron chi connectivity index (χ2n) is 3.87. The Labute approximate surface area is 127 Å². The van der Waals surface area contributed by atoms with Crippen LogP contribution in [0.15, 0.2) is 38.8 Å². The van der Waals surface area contributed by atoms with E-state index in [1.165, 1.54) is 13.4 Å². The Balaban J connectivity index is -0.000000739. The van der Waals surface area contributed by atoms with E-state index in [0.29, 0.717) is 6.42 Å². The Morgan fingerprint density at radius 2 is 1.67 bits per heavy atom. The maximum absolute atomic E-state index is 11.5. The molecule has 6 nitrogen and oxygen atoms in total. The van der Waals surface area contributed by atoms with Gasteiger partial charge in [0.1, 0.15) is 19.5 Å². The number of ether oxygens (including phenoxy) is 2. The summed E-state index contributed by atoms with van der Waals surface area (Å²) in [6, 6.07) is 0. The number of carbonyl (C=O) groups is 1. The molecular formula is C15H28O6. The molecule has 0 heterocycles. The van der Waals surface area contributed by atoms with Crippen LogP contribution in [0.5, 0.6) is 0 Å². The molecule has 0 aromatic rings. The molecule has 124 valence electrons. The predicted octanol–water partition coefficient (Wildman–Crippen LogP) is 3.57. The van der Waals surface area contributed by atoms with Crippen molar-refractivity contribution >= 4 is 5.97 Å². The van der Waals surface area contributed by atoms with Gasteiger partial charge in [0.2, 0.25) is 0 Å². The highest BCUT2D eigenvalue weighted by Gasteiger charge is 2.26. The summed E-state index contributed by atoms with van der Waals surface area (Å²) in [5.41, 5.74) is -0.474. The van der Waals surface area contributed by atoms with E-state index in [2.05, 4.69) is 45.9 Å². The number of hydrogen-bond donors (Lipinski definition) is 0. The lowest BCUT2D eigenvalue weighted by Gasteiger charge is -2.19. The first kappa shape index (κ1) is 24.2. The Kier molecular flexibility index (Phi) is 21.0. The van der Waals surface area contributed by atoms with E-state index in [4.69, 9.17) is 4.74 Å². The number of rotatable bonds is 9. The van der Waals surface area contributed by atoms with Crippen LogP contribution in [0, 0.1) is 5.41 Å². The molecule has 0 spiro atoms. The van der Waals surface area contributed by atoms with Gasteiger partial charge in [-0.15, -0.1) is 26.3 Å². The van der Waals surface area contributed by atoms with Crippen molar-refractivity contribution in [2.24, 2.45) is 5.41 Å². The second kappa shape index (κ2) is 18.2. The van der Waals surface area contributed by atoms with Crippen molar-refractivity contribution in [2.75, 3.05) is 20.3 Å². The fourth-order valence-electron chi connectivity index (χ4n) is 0.671. The maximum Gasteiger partial charge on any atom is 0.311 e. The summed E-state index contributed by atoms with van der Waals surface area (Å²) >= 11 is 0. The fraction of sp³-hybridized carbons (Fsp3) is 0.533. The lowest BCUT2D eigenvalue weighted by atomic mass is 9.91. The summed E-state index contributed by atoms with van der Waals surface area (Å²) in [5.74, 6) is -0.260. The van der Waals surface area contributed by atoms with E-state index in [1.807, 2.05) is 20.8 Å². The van der Waals surface area contributed by atoms with Gasteiger partial charge in [0.25, 0.3) is 0 Å². The molecule has 0 fully saturated rings. The third-order valence-corrected chi connectivity index (χ3v) is 2.17. The van der Waals surface area contributed by atoms with Crippen molar-refractivity contribution in [1.29, 1.82) is 0 Å². The van der Waals surface area contributed by atoms with Gasteiger partial charge in [0.05, 0.1) is 12.5 Å². The summed E-state index contributed by atoms with van der Waals surface area (Å²) in [7, 11) is 1.47. The Hall–Kier alpha value is -1.79. The highest BCUT2D eigenvalue weighted by Crippen LogP contribution is 2.21. The molecule has 0 bridgehead atoms. The summed E-state index contributed by atoms with van der Waals surface area (Å²) in [6.07, 6.45) is 3.15. The molecule has 0 aliphatic rings. The molecule has 0 aromatic heterocycles. The van der Waals surface area contributed by atoms with Crippen LogP contribution in [0.1, 0.15) is 27.2 Å². The van der Waals surface area contributed by atoms with Crippen LogP contribution in [-0.4, -0.2) is 26.3 Å². The normalized spacial score (nSPS) is 9.71. The lowest BCUT2D eigenvalue weighted by molar-refractivity contribution is -0.491. The molecule has 0 amide bonds. The van der Waals surface area contributed by atoms with Crippen LogP contribution in [0.3, 0.4) is 0 Å². The van der Waals surface area contributed by atoms with E-state index >= 15 is 0 Å². The molecule has 0 rings (SSSR count). The number of carbonyl (C=O) groups excluding carboxylic acids is 1. The number of methoxy groups -OCH3 is 1. The van der Waals surface area contributed by atoms with Crippen molar-refractivity contribution in [2.45, 2.75) is 27.2 Å². The smallest absolute Gasteiger partial charge is 0.311 e. The monoisotopic (exact) mass is 304 g/mol. The summed E-state index contributed by atoms with van der Waals surface area (Å²) < 4.78 is 9.52. The molecule has 0 unspecified atom stereocenters. The fourth-order valence-corrected chi connectivity index (χ4v) is 0.671. The highest BCUT2D eigenvalue weighted by atomic mass is 17.5. The topological polar surface area (TPSA) is 63.2 Å². The summed E-state index contributed by atoms with van der Waals surface area (Å²) in [4.78, 5) is 20.5. The zero-order valence-corrected chi connectivity index (χ0v) is 13.6. The van der Waals surface area contributed by atoms with Gasteiger partial charge in [-0.2, -0.15) is 4.89 Å². The van der Waals surface area contributed by atoms with Crippen molar-refractivity contribution in [3.63, 3.8) is 0 Å². The van der Waals surface area contributed by atoms with Gasteiger partial charge < -0.3 is 14.4 Å². The van der Waals surface area contributed by atoms with Crippen molar-refractivity contribution in [1.82, 2.24) is 0 Å². The molecule has 21 heavy (non-hydrogen) atoms. The highest BCUT2D eigenvalue weighted by molar-refractivity contribution is 5.75. The average molecular weight is 304 g/mol. The largest absolute Gasteiger partial charge is 0.501 e. The molecule has 6 heteroatoms. The third kappa shape index (κ3) is 16.2. The van der Waals surface area contributed by atoms with E-state index in [9.17, 15) is 4.79 Å². The Morgan fingerprint density at radius 3 is 2.14 bits per heavy atom. The van der Waals surface area contributed by atoms with Gasteiger partial charge in [0.15, 0.2) is 6.26 Å². The maximum atomic E-state index is 11.5. The van der Waals surface area contributed by atoms with Gasteiger partial charge in [-0.05, 0) is 25.3 Å². The summed E-state index contributed by atoms with van der Waals surface area (Å²) in [6.45, 7) is 17.8. The van der Waals surface area contributed by atoms with E-state index in [1.54, 1.807) is 0 Å². The van der Waals surface area contributed by atoms with Crippen LogP contribution in [0.2, 0.25) is 0 Å². The summed E-state index contributed by atoms with van der Waals surface area (Å²) in [5, 5.41) is 4.27. The average Bonchev–Trinajstić information content (AvgIpc) is 2.53. The first-order valence-electron chi connectivity index (χ1n) is 6.34. The van der Waals surface area contributed by atoms with Gasteiger partial charge >= 0.3 is 5.97 Å². The van der Waals surface area contributed by atoms with Gasteiger partial charge in [-0.1, -0.05) is 6.92 Å². The minimum absolute atomic E-state index is 0.0896.